The molecular formula is C8H6O3S. The van der Waals surface area contributed by atoms with Gasteiger partial charge in [0.1, 0.15) is 6.26 Å². The van der Waals surface area contributed by atoms with Crippen LogP contribution in [0.3, 0.4) is 0 Å². The van der Waals surface area contributed by atoms with Gasteiger partial charge in [0.15, 0.2) is 11.9 Å². The van der Waals surface area contributed by atoms with Crippen molar-refractivity contribution in [3.05, 3.63) is 34.4 Å². The first-order valence-electron chi connectivity index (χ1n) is 3.41. The molecule has 62 valence electrons. The van der Waals surface area contributed by atoms with Gasteiger partial charge in [0.2, 0.25) is 5.78 Å². The summed E-state index contributed by atoms with van der Waals surface area (Å²) < 4.78 is 4.97. The second kappa shape index (κ2) is 2.64. The van der Waals surface area contributed by atoms with Gasteiger partial charge in [0.25, 0.3) is 0 Å². The number of hydrogen-bond donors (Lipinski definition) is 1. The Balaban J connectivity index is 2.25. The number of aliphatic hydroxyl groups is 1. The Morgan fingerprint density at radius 3 is 2.92 bits per heavy atom. The Morgan fingerprint density at radius 2 is 2.42 bits per heavy atom. The van der Waals surface area contributed by atoms with Gasteiger partial charge in [0.05, 0.1) is 4.88 Å². The number of hydrogen-bond acceptors (Lipinski definition) is 4. The third kappa shape index (κ3) is 1.00. The van der Waals surface area contributed by atoms with Crippen LogP contribution in [0.15, 0.2) is 29.5 Å². The van der Waals surface area contributed by atoms with Crippen molar-refractivity contribution in [3.63, 3.8) is 0 Å². The van der Waals surface area contributed by atoms with Crippen LogP contribution >= 0.6 is 11.3 Å². The molecule has 0 saturated heterocycles. The lowest BCUT2D eigenvalue weighted by Crippen LogP contribution is -2.07. The van der Waals surface area contributed by atoms with E-state index in [0.29, 0.717) is 0 Å². The van der Waals surface area contributed by atoms with Gasteiger partial charge in [-0.1, -0.05) is 6.07 Å². The quantitative estimate of drug-likeness (QED) is 0.720. The molecule has 2 heterocycles. The summed E-state index contributed by atoms with van der Waals surface area (Å²) in [4.78, 5) is 12.0. The lowest BCUT2D eigenvalue weighted by Gasteiger charge is -2.04. The van der Waals surface area contributed by atoms with Crippen LogP contribution in [0.25, 0.3) is 0 Å². The van der Waals surface area contributed by atoms with Crippen LogP contribution in [0, 0.1) is 0 Å². The maximum absolute atomic E-state index is 11.2. The molecular weight excluding hydrogens is 176 g/mol. The van der Waals surface area contributed by atoms with E-state index in [1.165, 1.54) is 11.3 Å². The Morgan fingerprint density at radius 1 is 1.58 bits per heavy atom. The van der Waals surface area contributed by atoms with Crippen molar-refractivity contribution in [1.82, 2.24) is 0 Å². The molecule has 1 aromatic heterocycles. The molecule has 4 heteroatoms. The first kappa shape index (κ1) is 7.36. The van der Waals surface area contributed by atoms with Crippen molar-refractivity contribution in [3.8, 4) is 0 Å². The van der Waals surface area contributed by atoms with E-state index < -0.39 is 6.10 Å². The van der Waals surface area contributed by atoms with E-state index in [1.54, 1.807) is 6.07 Å². The second-order valence-corrected chi connectivity index (χ2v) is 3.38. The molecule has 1 atom stereocenters. The molecule has 3 nitrogen and oxygen atoms in total. The highest BCUT2D eigenvalue weighted by molar-refractivity contribution is 7.10. The normalized spacial score (nSPS) is 22.2. The van der Waals surface area contributed by atoms with Crippen molar-refractivity contribution in [1.29, 1.82) is 0 Å². The molecule has 0 radical (unpaired) electrons. The van der Waals surface area contributed by atoms with E-state index in [0.717, 1.165) is 11.1 Å². The molecule has 0 amide bonds. The minimum absolute atomic E-state index is 0.298. The molecule has 0 aromatic carbocycles. The Labute approximate surface area is 72.9 Å². The monoisotopic (exact) mass is 182 g/mol. The largest absolute Gasteiger partial charge is 0.502 e. The lowest BCUT2D eigenvalue weighted by molar-refractivity contribution is -0.123. The minimum Gasteiger partial charge on any atom is -0.502 e. The zero-order valence-electron chi connectivity index (χ0n) is 6.06. The van der Waals surface area contributed by atoms with Crippen molar-refractivity contribution in [2.75, 3.05) is 0 Å². The predicted octanol–water partition coefficient (Wildman–Crippen LogP) is 1.79. The molecule has 1 unspecified atom stereocenters. The number of ketones is 1. The van der Waals surface area contributed by atoms with E-state index in [-0.39, 0.29) is 11.5 Å². The molecule has 0 aliphatic carbocycles. The van der Waals surface area contributed by atoms with Crippen LogP contribution in [0.5, 0.6) is 0 Å². The summed E-state index contributed by atoms with van der Waals surface area (Å²) in [6, 6.07) is 3.64. The highest BCUT2D eigenvalue weighted by atomic mass is 32.1. The van der Waals surface area contributed by atoms with Crippen LogP contribution in [-0.4, -0.2) is 10.9 Å². The zero-order valence-corrected chi connectivity index (χ0v) is 6.88. The maximum Gasteiger partial charge on any atom is 0.246 e. The summed E-state index contributed by atoms with van der Waals surface area (Å²) in [6.07, 6.45) is 0.470. The summed E-state index contributed by atoms with van der Waals surface area (Å²) in [6.45, 7) is 0. The smallest absolute Gasteiger partial charge is 0.246 e. The van der Waals surface area contributed by atoms with E-state index in [2.05, 4.69) is 0 Å². The van der Waals surface area contributed by atoms with Crippen molar-refractivity contribution >= 4 is 17.1 Å². The number of carbonyl (C=O) groups is 1. The lowest BCUT2D eigenvalue weighted by atomic mass is 10.2. The first-order valence-corrected chi connectivity index (χ1v) is 4.29. The standard InChI is InChI=1S/C8H6O3S/c9-5-4-11-8(7(5)10)6-2-1-3-12-6/h1-4,8-9H. The van der Waals surface area contributed by atoms with Gasteiger partial charge in [-0.2, -0.15) is 0 Å². The van der Waals surface area contributed by atoms with E-state index >= 15 is 0 Å². The molecule has 1 aliphatic rings. The molecule has 1 N–H and O–H groups in total. The number of ether oxygens (including phenoxy) is 1. The van der Waals surface area contributed by atoms with Crippen molar-refractivity contribution in [2.24, 2.45) is 0 Å². The number of carbonyl (C=O) groups excluding carboxylic acids is 1. The van der Waals surface area contributed by atoms with Crippen LogP contribution in [0.4, 0.5) is 0 Å². The van der Waals surface area contributed by atoms with Crippen molar-refractivity contribution in [2.45, 2.75) is 6.10 Å². The maximum atomic E-state index is 11.2. The molecule has 0 spiro atoms. The number of thiophene rings is 1. The molecule has 0 fully saturated rings. The summed E-state index contributed by atoms with van der Waals surface area (Å²) in [5.41, 5.74) is 0. The average Bonchev–Trinajstić information content (AvgIpc) is 2.64. The molecule has 2 rings (SSSR count). The molecule has 12 heavy (non-hydrogen) atoms. The van der Waals surface area contributed by atoms with Gasteiger partial charge in [-0.05, 0) is 11.4 Å². The summed E-state index contributed by atoms with van der Waals surface area (Å²) in [5, 5.41) is 10.8. The SMILES string of the molecule is O=C1C(O)=COC1c1cccs1. The fraction of sp³-hybridized carbons (Fsp3) is 0.125. The number of rotatable bonds is 1. The van der Waals surface area contributed by atoms with Crippen molar-refractivity contribution < 1.29 is 14.6 Å². The van der Waals surface area contributed by atoms with Crippen LogP contribution in [-0.2, 0) is 9.53 Å². The summed E-state index contributed by atoms with van der Waals surface area (Å²) >= 11 is 1.44. The fourth-order valence-corrected chi connectivity index (χ4v) is 1.78. The third-order valence-corrected chi connectivity index (χ3v) is 2.52. The topological polar surface area (TPSA) is 46.5 Å². The number of Topliss-reactive ketones (excluding diaryl/α,β-unsaturated/α-hetero) is 1. The van der Waals surface area contributed by atoms with Crippen LogP contribution in [0.1, 0.15) is 11.0 Å². The Hall–Kier alpha value is -1.29. The van der Waals surface area contributed by atoms with Gasteiger partial charge in [-0.25, -0.2) is 0 Å². The molecule has 0 bridgehead atoms. The van der Waals surface area contributed by atoms with E-state index in [9.17, 15) is 4.79 Å². The van der Waals surface area contributed by atoms with Gasteiger partial charge >= 0.3 is 0 Å². The molecule has 1 aliphatic heterocycles. The van der Waals surface area contributed by atoms with E-state index in [1.807, 2.05) is 11.4 Å². The van der Waals surface area contributed by atoms with Gasteiger partial charge < -0.3 is 9.84 Å². The fourth-order valence-electron chi connectivity index (χ4n) is 1.02. The van der Waals surface area contributed by atoms with Gasteiger partial charge in [-0.3, -0.25) is 4.79 Å². The molecule has 1 aromatic rings. The van der Waals surface area contributed by atoms with Gasteiger partial charge in [-0.15, -0.1) is 11.3 Å². The van der Waals surface area contributed by atoms with Crippen LogP contribution in [0.2, 0.25) is 0 Å². The summed E-state index contributed by atoms with van der Waals surface area (Å²) in [5.74, 6) is -0.661. The van der Waals surface area contributed by atoms with Gasteiger partial charge in [0, 0.05) is 0 Å². The molecule has 0 saturated carbocycles. The zero-order chi connectivity index (χ0) is 8.55. The average molecular weight is 182 g/mol. The minimum atomic E-state index is -0.620. The summed E-state index contributed by atoms with van der Waals surface area (Å²) in [7, 11) is 0. The third-order valence-electron chi connectivity index (χ3n) is 1.61. The number of aliphatic hydroxyl groups excluding tert-OH is 1. The highest BCUT2D eigenvalue weighted by Crippen LogP contribution is 2.29. The van der Waals surface area contributed by atoms with E-state index in [4.69, 9.17) is 9.84 Å². The Bertz CT molecular complexity index is 326. The first-order chi connectivity index (χ1) is 5.79. The predicted molar refractivity (Wildman–Crippen MR) is 43.9 cm³/mol. The Kier molecular flexibility index (Phi) is 1.62. The highest BCUT2D eigenvalue weighted by Gasteiger charge is 2.31. The second-order valence-electron chi connectivity index (χ2n) is 2.40. The van der Waals surface area contributed by atoms with Crippen LogP contribution < -0.4 is 0 Å².